The van der Waals surface area contributed by atoms with Crippen LogP contribution in [0.15, 0.2) is 18.2 Å². The van der Waals surface area contributed by atoms with Crippen molar-refractivity contribution in [1.82, 2.24) is 0 Å². The van der Waals surface area contributed by atoms with Gasteiger partial charge in [0.05, 0.1) is 5.97 Å². The van der Waals surface area contributed by atoms with Gasteiger partial charge in [-0.1, -0.05) is 31.5 Å². The number of carbonyl (C=O) groups excluding carboxylic acids is 1. The van der Waals surface area contributed by atoms with Crippen LogP contribution in [0, 0.1) is 0 Å². The quantitative estimate of drug-likeness (QED) is 0.480. The van der Waals surface area contributed by atoms with Gasteiger partial charge in [0.1, 0.15) is 0 Å². The van der Waals surface area contributed by atoms with Crippen LogP contribution >= 0.6 is 0 Å². The molecule has 0 aliphatic heterocycles. The molecule has 0 radical (unpaired) electrons. The van der Waals surface area contributed by atoms with Crippen LogP contribution in [0.1, 0.15) is 29.3 Å². The van der Waals surface area contributed by atoms with Gasteiger partial charge < -0.3 is 15.0 Å². The molecule has 0 fully saturated rings. The number of aryl methyl sites for hydroxylation is 1. The second kappa shape index (κ2) is 8.62. The SMILES string of the molecule is CCCc1cc([O-])ccc1C(=O)[O-].[Na+].[Na+]. The van der Waals surface area contributed by atoms with E-state index < -0.39 is 5.97 Å². The summed E-state index contributed by atoms with van der Waals surface area (Å²) < 4.78 is 0. The van der Waals surface area contributed by atoms with Crippen LogP contribution in [0.2, 0.25) is 0 Å². The molecule has 70 valence electrons. The van der Waals surface area contributed by atoms with Crippen LogP contribution in [0.4, 0.5) is 0 Å². The molecule has 0 aromatic heterocycles. The van der Waals surface area contributed by atoms with Crippen LogP contribution < -0.4 is 69.3 Å². The van der Waals surface area contributed by atoms with Crippen molar-refractivity contribution >= 4 is 5.97 Å². The molecule has 0 aliphatic carbocycles. The molecule has 0 unspecified atom stereocenters. The Morgan fingerprint density at radius 3 is 2.40 bits per heavy atom. The van der Waals surface area contributed by atoms with Crippen molar-refractivity contribution in [2.45, 2.75) is 19.8 Å². The maximum Gasteiger partial charge on any atom is 1.00 e. The predicted octanol–water partition coefficient (Wildman–Crippen LogP) is -5.92. The molecule has 0 amide bonds. The maximum atomic E-state index is 10.9. The zero-order valence-corrected chi connectivity index (χ0v) is 13.4. The Bertz CT molecular complexity index is 326. The first kappa shape index (κ1) is 17.9. The first-order valence-electron chi connectivity index (χ1n) is 4.16. The Morgan fingerprint density at radius 1 is 1.33 bits per heavy atom. The summed E-state index contributed by atoms with van der Waals surface area (Å²) in [6.45, 7) is 1.93. The molecule has 0 saturated carbocycles. The standard InChI is InChI=1S/C10H12O3.2Na/c1-2-3-7-6-8(11)4-5-9(7)10(12)13;;/h4-6,11H,2-3H2,1H3,(H,12,13);;/q;2*+1/p-2. The third-order valence-electron chi connectivity index (χ3n) is 1.82. The Kier molecular flexibility index (Phi) is 10.3. The van der Waals surface area contributed by atoms with E-state index in [1.165, 1.54) is 18.2 Å². The summed E-state index contributed by atoms with van der Waals surface area (Å²) in [5.74, 6) is -1.38. The van der Waals surface area contributed by atoms with E-state index in [0.29, 0.717) is 12.0 Å². The van der Waals surface area contributed by atoms with Crippen molar-refractivity contribution in [3.05, 3.63) is 29.3 Å². The average molecular weight is 224 g/mol. The van der Waals surface area contributed by atoms with Gasteiger partial charge in [0, 0.05) is 5.56 Å². The molecular weight excluding hydrogens is 214 g/mol. The average Bonchev–Trinajstić information content (AvgIpc) is 2.04. The fourth-order valence-electron chi connectivity index (χ4n) is 1.25. The van der Waals surface area contributed by atoms with Crippen LogP contribution in [0.25, 0.3) is 0 Å². The number of carboxylic acid groups (broad SMARTS) is 1. The minimum Gasteiger partial charge on any atom is -0.872 e. The fraction of sp³-hybridized carbons (Fsp3) is 0.300. The number of carboxylic acids is 1. The van der Waals surface area contributed by atoms with Crippen molar-refractivity contribution in [3.63, 3.8) is 0 Å². The van der Waals surface area contributed by atoms with E-state index in [9.17, 15) is 15.0 Å². The molecule has 15 heavy (non-hydrogen) atoms. The summed E-state index contributed by atoms with van der Waals surface area (Å²) in [5.41, 5.74) is 0.691. The van der Waals surface area contributed by atoms with E-state index in [1.54, 1.807) is 0 Å². The minimum atomic E-state index is -1.22. The second-order valence-corrected chi connectivity index (χ2v) is 2.86. The Hall–Kier alpha value is 0.490. The molecule has 1 aromatic carbocycles. The Balaban J connectivity index is 0. The number of carbonyl (C=O) groups is 1. The van der Waals surface area contributed by atoms with Gasteiger partial charge in [-0.25, -0.2) is 0 Å². The van der Waals surface area contributed by atoms with Gasteiger partial charge in [0.25, 0.3) is 0 Å². The van der Waals surface area contributed by atoms with Crippen molar-refractivity contribution in [2.24, 2.45) is 0 Å². The zero-order chi connectivity index (χ0) is 9.84. The smallest absolute Gasteiger partial charge is 0.872 e. The van der Waals surface area contributed by atoms with Crippen molar-refractivity contribution in [1.29, 1.82) is 0 Å². The molecule has 3 nitrogen and oxygen atoms in total. The zero-order valence-electron chi connectivity index (χ0n) is 9.37. The summed E-state index contributed by atoms with van der Waals surface area (Å²) in [6.07, 6.45) is 1.41. The summed E-state index contributed by atoms with van der Waals surface area (Å²) in [7, 11) is 0. The number of benzene rings is 1. The number of aromatic carboxylic acids is 1. The molecule has 1 aromatic rings. The Labute approximate surface area is 133 Å². The van der Waals surface area contributed by atoms with Gasteiger partial charge in [0.2, 0.25) is 0 Å². The van der Waals surface area contributed by atoms with E-state index in [-0.39, 0.29) is 70.4 Å². The van der Waals surface area contributed by atoms with E-state index in [0.717, 1.165) is 6.42 Å². The van der Waals surface area contributed by atoms with Gasteiger partial charge in [-0.3, -0.25) is 0 Å². The molecule has 5 heteroatoms. The molecule has 0 atom stereocenters. The molecule has 1 rings (SSSR count). The van der Waals surface area contributed by atoms with E-state index in [4.69, 9.17) is 0 Å². The Morgan fingerprint density at radius 2 is 1.93 bits per heavy atom. The van der Waals surface area contributed by atoms with Crippen molar-refractivity contribution in [2.75, 3.05) is 0 Å². The first-order valence-corrected chi connectivity index (χ1v) is 4.16. The molecule has 0 spiro atoms. The summed E-state index contributed by atoms with van der Waals surface area (Å²) in [5, 5.41) is 21.5. The van der Waals surface area contributed by atoms with Crippen LogP contribution in [-0.4, -0.2) is 5.97 Å². The fourth-order valence-corrected chi connectivity index (χ4v) is 1.25. The van der Waals surface area contributed by atoms with Crippen LogP contribution in [-0.2, 0) is 6.42 Å². The molecule has 0 N–H and O–H groups in total. The summed E-state index contributed by atoms with van der Waals surface area (Å²) >= 11 is 0. The molecule has 0 saturated heterocycles. The van der Waals surface area contributed by atoms with E-state index >= 15 is 0 Å². The van der Waals surface area contributed by atoms with Gasteiger partial charge in [-0.05, 0) is 12.0 Å². The maximum absolute atomic E-state index is 10.9. The largest absolute Gasteiger partial charge is 1.00 e. The monoisotopic (exact) mass is 224 g/mol. The van der Waals surface area contributed by atoms with Crippen molar-refractivity contribution < 1.29 is 74.1 Å². The third kappa shape index (κ3) is 5.38. The normalized spacial score (nSPS) is 8.60. The van der Waals surface area contributed by atoms with Crippen LogP contribution in [0.5, 0.6) is 5.75 Å². The summed E-state index contributed by atoms with van der Waals surface area (Å²) in [4.78, 5) is 10.6. The van der Waals surface area contributed by atoms with Crippen LogP contribution in [0.3, 0.4) is 0 Å². The van der Waals surface area contributed by atoms with E-state index in [1.807, 2.05) is 6.92 Å². The van der Waals surface area contributed by atoms with E-state index in [2.05, 4.69) is 0 Å². The van der Waals surface area contributed by atoms with Gasteiger partial charge >= 0.3 is 59.1 Å². The summed E-state index contributed by atoms with van der Waals surface area (Å²) in [6, 6.07) is 3.90. The molecule has 0 bridgehead atoms. The molecule has 0 heterocycles. The van der Waals surface area contributed by atoms with Crippen molar-refractivity contribution in [3.8, 4) is 5.75 Å². The second-order valence-electron chi connectivity index (χ2n) is 2.86. The third-order valence-corrected chi connectivity index (χ3v) is 1.82. The number of rotatable bonds is 3. The van der Waals surface area contributed by atoms with Gasteiger partial charge in [-0.2, -0.15) is 0 Å². The first-order chi connectivity index (χ1) is 6.15. The number of hydrogen-bond acceptors (Lipinski definition) is 3. The minimum absolute atomic E-state index is 0. The number of hydrogen-bond donors (Lipinski definition) is 0. The predicted molar refractivity (Wildman–Crippen MR) is 44.2 cm³/mol. The molecule has 0 aliphatic rings. The molecular formula is C10H10Na2O3. The van der Waals surface area contributed by atoms with Gasteiger partial charge in [0.15, 0.2) is 0 Å². The topological polar surface area (TPSA) is 63.2 Å². The van der Waals surface area contributed by atoms with Gasteiger partial charge in [-0.15, -0.1) is 5.75 Å².